The molecule has 14 heavy (non-hydrogen) atoms. The Morgan fingerprint density at radius 2 is 2.43 bits per heavy atom. The summed E-state index contributed by atoms with van der Waals surface area (Å²) >= 11 is 0. The van der Waals surface area contributed by atoms with Crippen LogP contribution in [0, 0.1) is 0 Å². The quantitative estimate of drug-likeness (QED) is 0.511. The smallest absolute Gasteiger partial charge is 0.291 e. The van der Waals surface area contributed by atoms with Crippen LogP contribution in [0.1, 0.15) is 10.5 Å². The summed E-state index contributed by atoms with van der Waals surface area (Å²) in [6.45, 7) is 0. The highest BCUT2D eigenvalue weighted by Crippen LogP contribution is 2.04. The molecule has 0 saturated carbocycles. The second kappa shape index (κ2) is 3.43. The molecule has 0 atom stereocenters. The van der Waals surface area contributed by atoms with Gasteiger partial charge in [-0.05, 0) is 6.07 Å². The van der Waals surface area contributed by atoms with Crippen molar-refractivity contribution in [3.63, 3.8) is 0 Å². The Hall–Kier alpha value is -1.95. The molecule has 2 rings (SSSR count). The highest BCUT2D eigenvalue weighted by Gasteiger charge is 2.12. The maximum Gasteiger partial charge on any atom is 0.392 e. The first-order chi connectivity index (χ1) is 6.81. The van der Waals surface area contributed by atoms with Crippen molar-refractivity contribution in [2.75, 3.05) is 7.11 Å². The molecule has 6 heteroatoms. The van der Waals surface area contributed by atoms with Gasteiger partial charge in [0.15, 0.2) is 5.69 Å². The minimum atomic E-state index is -0.629. The van der Waals surface area contributed by atoms with Gasteiger partial charge in [-0.1, -0.05) is 0 Å². The van der Waals surface area contributed by atoms with Crippen LogP contribution < -0.4 is 0 Å². The number of hydrogen-bond donors (Lipinski definition) is 0. The topological polar surface area (TPSA) is 65.7 Å². The number of hydrogen-bond acceptors (Lipinski definition) is 5. The third-order valence-electron chi connectivity index (χ3n) is 1.63. The second-order valence-electron chi connectivity index (χ2n) is 2.51. The number of rotatable bonds is 2. The third-order valence-corrected chi connectivity index (χ3v) is 1.63. The van der Waals surface area contributed by atoms with Gasteiger partial charge in [0.2, 0.25) is 0 Å². The first-order valence-corrected chi connectivity index (χ1v) is 3.85. The Balaban J connectivity index is 2.40. The zero-order chi connectivity index (χ0) is 9.97. The number of aromatic nitrogens is 3. The molecule has 0 N–H and O–H groups in total. The molecule has 72 valence electrons. The molecule has 0 aliphatic heterocycles. The summed E-state index contributed by atoms with van der Waals surface area (Å²) in [6.07, 6.45) is 4.66. The van der Waals surface area contributed by atoms with Crippen LogP contribution in [0.25, 0.3) is 5.65 Å². The molecule has 2 heterocycles. The summed E-state index contributed by atoms with van der Waals surface area (Å²) < 4.78 is 1.62. The molecular formula is C8H7N3O3. The lowest BCUT2D eigenvalue weighted by Gasteiger charge is -1.93. The number of carbonyl (C=O) groups excluding carboxylic acids is 1. The average Bonchev–Trinajstić information content (AvgIpc) is 2.61. The lowest BCUT2D eigenvalue weighted by Crippen LogP contribution is -2.03. The van der Waals surface area contributed by atoms with Gasteiger partial charge < -0.3 is 0 Å². The summed E-state index contributed by atoms with van der Waals surface area (Å²) in [5, 5.41) is 0. The number of fused-ring (bicyclic) bond motifs is 1. The fourth-order valence-electron chi connectivity index (χ4n) is 1.06. The molecule has 0 aliphatic rings. The average molecular weight is 193 g/mol. The van der Waals surface area contributed by atoms with Gasteiger partial charge in [-0.3, -0.25) is 9.29 Å². The van der Waals surface area contributed by atoms with Gasteiger partial charge in [-0.15, -0.1) is 0 Å². The van der Waals surface area contributed by atoms with E-state index in [2.05, 4.69) is 19.7 Å². The van der Waals surface area contributed by atoms with Crippen molar-refractivity contribution in [1.29, 1.82) is 0 Å². The van der Waals surface area contributed by atoms with Gasteiger partial charge in [0.25, 0.3) is 0 Å². The van der Waals surface area contributed by atoms with Gasteiger partial charge in [-0.2, -0.15) is 4.89 Å². The molecule has 0 saturated heterocycles. The van der Waals surface area contributed by atoms with E-state index in [1.54, 1.807) is 23.0 Å². The molecule has 0 fully saturated rings. The summed E-state index contributed by atoms with van der Waals surface area (Å²) in [7, 11) is 1.26. The number of imidazole rings is 1. The van der Waals surface area contributed by atoms with Crippen molar-refractivity contribution in [2.24, 2.45) is 0 Å². The Kier molecular flexibility index (Phi) is 2.11. The minimum absolute atomic E-state index is 0.180. The van der Waals surface area contributed by atoms with Gasteiger partial charge in [0.1, 0.15) is 12.0 Å². The highest BCUT2D eigenvalue weighted by atomic mass is 17.2. The summed E-state index contributed by atoms with van der Waals surface area (Å²) in [6, 6.07) is 1.68. The van der Waals surface area contributed by atoms with E-state index in [0.717, 1.165) is 0 Å². The van der Waals surface area contributed by atoms with Gasteiger partial charge in [0, 0.05) is 12.4 Å². The zero-order valence-corrected chi connectivity index (χ0v) is 7.38. The Labute approximate surface area is 79.0 Å². The maximum atomic E-state index is 11.2. The van der Waals surface area contributed by atoms with E-state index in [1.807, 2.05) is 0 Å². The standard InChI is InChI=1S/C8H7N3O3/c1-13-14-8(12)6-4-11-5-9-3-2-7(11)10-6/h2-5H,1H3. The van der Waals surface area contributed by atoms with E-state index in [4.69, 9.17) is 0 Å². The monoisotopic (exact) mass is 193 g/mol. The molecule has 0 aromatic carbocycles. The van der Waals surface area contributed by atoms with Crippen LogP contribution >= 0.6 is 0 Å². The third kappa shape index (κ3) is 1.42. The SMILES string of the molecule is COOC(=O)c1cn2cnccc2n1. The Morgan fingerprint density at radius 3 is 3.14 bits per heavy atom. The minimum Gasteiger partial charge on any atom is -0.291 e. The summed E-state index contributed by atoms with van der Waals surface area (Å²) in [4.78, 5) is 27.6. The fraction of sp³-hybridized carbons (Fsp3) is 0.125. The van der Waals surface area contributed by atoms with Crippen LogP contribution in [0.2, 0.25) is 0 Å². The molecule has 0 unspecified atom stereocenters. The normalized spacial score (nSPS) is 10.4. The van der Waals surface area contributed by atoms with Crippen molar-refractivity contribution >= 4 is 11.6 Å². The maximum absolute atomic E-state index is 11.2. The lowest BCUT2D eigenvalue weighted by atomic mass is 10.5. The molecule has 6 nitrogen and oxygen atoms in total. The van der Waals surface area contributed by atoms with Crippen LogP contribution in [-0.2, 0) is 9.78 Å². The highest BCUT2D eigenvalue weighted by molar-refractivity contribution is 5.87. The largest absolute Gasteiger partial charge is 0.392 e. The lowest BCUT2D eigenvalue weighted by molar-refractivity contribution is -0.216. The molecule has 0 amide bonds. The van der Waals surface area contributed by atoms with Gasteiger partial charge in [0.05, 0.1) is 7.11 Å². The molecular weight excluding hydrogens is 186 g/mol. The van der Waals surface area contributed by atoms with E-state index >= 15 is 0 Å². The number of nitrogens with zero attached hydrogens (tertiary/aromatic N) is 3. The van der Waals surface area contributed by atoms with Crippen molar-refractivity contribution in [3.05, 3.63) is 30.5 Å². The van der Waals surface area contributed by atoms with Crippen molar-refractivity contribution in [1.82, 2.24) is 14.4 Å². The van der Waals surface area contributed by atoms with Crippen LogP contribution in [-0.4, -0.2) is 27.4 Å². The molecule has 0 bridgehead atoms. The zero-order valence-electron chi connectivity index (χ0n) is 7.38. The first-order valence-electron chi connectivity index (χ1n) is 3.85. The number of carbonyl (C=O) groups is 1. The predicted molar refractivity (Wildman–Crippen MR) is 45.4 cm³/mol. The predicted octanol–water partition coefficient (Wildman–Crippen LogP) is 0.447. The van der Waals surface area contributed by atoms with Crippen LogP contribution in [0.3, 0.4) is 0 Å². The van der Waals surface area contributed by atoms with Crippen LogP contribution in [0.15, 0.2) is 24.8 Å². The molecule has 0 radical (unpaired) electrons. The van der Waals surface area contributed by atoms with Gasteiger partial charge in [-0.25, -0.2) is 14.8 Å². The molecule has 0 spiro atoms. The van der Waals surface area contributed by atoms with E-state index < -0.39 is 5.97 Å². The van der Waals surface area contributed by atoms with E-state index in [9.17, 15) is 4.79 Å². The van der Waals surface area contributed by atoms with E-state index in [1.165, 1.54) is 13.3 Å². The van der Waals surface area contributed by atoms with Crippen molar-refractivity contribution in [2.45, 2.75) is 0 Å². The van der Waals surface area contributed by atoms with Crippen LogP contribution in [0.4, 0.5) is 0 Å². The van der Waals surface area contributed by atoms with E-state index in [-0.39, 0.29) is 5.69 Å². The fourth-order valence-corrected chi connectivity index (χ4v) is 1.06. The second-order valence-corrected chi connectivity index (χ2v) is 2.51. The summed E-state index contributed by atoms with van der Waals surface area (Å²) in [5.41, 5.74) is 0.808. The van der Waals surface area contributed by atoms with Gasteiger partial charge >= 0.3 is 5.97 Å². The molecule has 2 aromatic rings. The van der Waals surface area contributed by atoms with E-state index in [0.29, 0.717) is 5.65 Å². The van der Waals surface area contributed by atoms with Crippen molar-refractivity contribution < 1.29 is 14.6 Å². The Bertz CT molecular complexity index is 433. The van der Waals surface area contributed by atoms with Crippen LogP contribution in [0.5, 0.6) is 0 Å². The Morgan fingerprint density at radius 1 is 1.57 bits per heavy atom. The molecule has 0 aliphatic carbocycles. The first kappa shape index (κ1) is 8.64. The molecule has 2 aromatic heterocycles. The summed E-state index contributed by atoms with van der Waals surface area (Å²) in [5.74, 6) is -0.629. The van der Waals surface area contributed by atoms with Crippen molar-refractivity contribution in [3.8, 4) is 0 Å².